The number of benzene rings is 1. The van der Waals surface area contributed by atoms with Gasteiger partial charge in [-0.3, -0.25) is 0 Å². The summed E-state index contributed by atoms with van der Waals surface area (Å²) in [6.07, 6.45) is 0.983. The van der Waals surface area contributed by atoms with E-state index < -0.39 is 0 Å². The van der Waals surface area contributed by atoms with Gasteiger partial charge in [0.2, 0.25) is 0 Å². The fraction of sp³-hybridized carbons (Fsp3) is 0.400. The first-order chi connectivity index (χ1) is 5.71. The Bertz CT molecular complexity index is 292. The van der Waals surface area contributed by atoms with Gasteiger partial charge in [0.05, 0.1) is 12.2 Å². The van der Waals surface area contributed by atoms with Crippen LogP contribution in [0.15, 0.2) is 24.3 Å². The van der Waals surface area contributed by atoms with E-state index in [0.717, 1.165) is 18.6 Å². The molecule has 12 heavy (non-hydrogen) atoms. The lowest BCUT2D eigenvalue weighted by Crippen LogP contribution is -2.37. The standard InChI is InChI=1S/C10H11FO/c1-10(5-6-12-10)8-3-2-4-9(11)7-8/h2-4,7H,5-6H2,1H3. The Kier molecular flexibility index (Phi) is 1.65. The fourth-order valence-electron chi connectivity index (χ4n) is 1.45. The average Bonchev–Trinajstić information content (AvgIpc) is 2.00. The van der Waals surface area contributed by atoms with E-state index in [9.17, 15) is 4.39 Å². The SMILES string of the molecule is CC1(c2cccc(F)c2)CCO1. The van der Waals surface area contributed by atoms with Gasteiger partial charge in [0, 0.05) is 6.42 Å². The van der Waals surface area contributed by atoms with Gasteiger partial charge in [0.1, 0.15) is 5.82 Å². The molecule has 1 unspecified atom stereocenters. The molecule has 0 amide bonds. The molecule has 1 nitrogen and oxygen atoms in total. The van der Waals surface area contributed by atoms with Gasteiger partial charge in [-0.05, 0) is 24.6 Å². The third-order valence-corrected chi connectivity index (χ3v) is 2.44. The summed E-state index contributed by atoms with van der Waals surface area (Å²) in [5, 5.41) is 0. The van der Waals surface area contributed by atoms with Crippen LogP contribution in [-0.2, 0) is 10.3 Å². The van der Waals surface area contributed by atoms with Crippen LogP contribution in [0.5, 0.6) is 0 Å². The van der Waals surface area contributed by atoms with Crippen LogP contribution in [0.2, 0.25) is 0 Å². The Labute approximate surface area is 71.2 Å². The van der Waals surface area contributed by atoms with Crippen molar-refractivity contribution in [3.8, 4) is 0 Å². The Hall–Kier alpha value is -0.890. The predicted octanol–water partition coefficient (Wildman–Crippen LogP) is 2.46. The van der Waals surface area contributed by atoms with Crippen molar-refractivity contribution in [1.82, 2.24) is 0 Å². The molecule has 0 bridgehead atoms. The number of halogens is 1. The third kappa shape index (κ3) is 1.12. The van der Waals surface area contributed by atoms with Gasteiger partial charge >= 0.3 is 0 Å². The van der Waals surface area contributed by atoms with Crippen molar-refractivity contribution in [3.05, 3.63) is 35.6 Å². The van der Waals surface area contributed by atoms with E-state index in [1.54, 1.807) is 12.1 Å². The van der Waals surface area contributed by atoms with Gasteiger partial charge in [-0.1, -0.05) is 12.1 Å². The van der Waals surface area contributed by atoms with Crippen LogP contribution in [0.4, 0.5) is 4.39 Å². The van der Waals surface area contributed by atoms with E-state index in [2.05, 4.69) is 0 Å². The second kappa shape index (κ2) is 2.56. The van der Waals surface area contributed by atoms with Crippen LogP contribution >= 0.6 is 0 Å². The normalized spacial score (nSPS) is 28.2. The van der Waals surface area contributed by atoms with Gasteiger partial charge in [-0.15, -0.1) is 0 Å². The highest BCUT2D eigenvalue weighted by Crippen LogP contribution is 2.36. The summed E-state index contributed by atoms with van der Waals surface area (Å²) in [5.41, 5.74) is 0.705. The average molecular weight is 166 g/mol. The first-order valence-electron chi connectivity index (χ1n) is 4.11. The summed E-state index contributed by atoms with van der Waals surface area (Å²) in [6.45, 7) is 2.78. The van der Waals surface area contributed by atoms with Crippen molar-refractivity contribution < 1.29 is 9.13 Å². The maximum Gasteiger partial charge on any atom is 0.123 e. The highest BCUT2D eigenvalue weighted by Gasteiger charge is 2.34. The van der Waals surface area contributed by atoms with E-state index in [-0.39, 0.29) is 11.4 Å². The lowest BCUT2D eigenvalue weighted by molar-refractivity contribution is -0.140. The van der Waals surface area contributed by atoms with Crippen LogP contribution in [0, 0.1) is 5.82 Å². The first kappa shape index (κ1) is 7.74. The van der Waals surface area contributed by atoms with Crippen LogP contribution in [0.1, 0.15) is 18.9 Å². The van der Waals surface area contributed by atoms with Crippen molar-refractivity contribution in [1.29, 1.82) is 0 Å². The van der Waals surface area contributed by atoms with Crippen LogP contribution in [0.25, 0.3) is 0 Å². The van der Waals surface area contributed by atoms with E-state index in [4.69, 9.17) is 4.74 Å². The largest absolute Gasteiger partial charge is 0.370 e. The summed E-state index contributed by atoms with van der Waals surface area (Å²) in [5.74, 6) is -0.191. The van der Waals surface area contributed by atoms with Gasteiger partial charge in [-0.2, -0.15) is 0 Å². The zero-order valence-electron chi connectivity index (χ0n) is 7.01. The summed E-state index contributed by atoms with van der Waals surface area (Å²) >= 11 is 0. The Morgan fingerprint density at radius 3 is 2.75 bits per heavy atom. The van der Waals surface area contributed by atoms with Gasteiger partial charge in [-0.25, -0.2) is 4.39 Å². The maximum absolute atomic E-state index is 12.8. The first-order valence-corrected chi connectivity index (χ1v) is 4.11. The molecular weight excluding hydrogens is 155 g/mol. The topological polar surface area (TPSA) is 9.23 Å². The van der Waals surface area contributed by atoms with Crippen molar-refractivity contribution >= 4 is 0 Å². The van der Waals surface area contributed by atoms with E-state index in [0.29, 0.717) is 0 Å². The Balaban J connectivity index is 2.33. The highest BCUT2D eigenvalue weighted by atomic mass is 19.1. The molecule has 0 N–H and O–H groups in total. The fourth-order valence-corrected chi connectivity index (χ4v) is 1.45. The third-order valence-electron chi connectivity index (χ3n) is 2.44. The molecule has 1 aromatic rings. The summed E-state index contributed by atoms with van der Waals surface area (Å²) in [6, 6.07) is 6.62. The summed E-state index contributed by atoms with van der Waals surface area (Å²) in [7, 11) is 0. The molecular formula is C10H11FO. The van der Waals surface area contributed by atoms with Crippen molar-refractivity contribution in [2.75, 3.05) is 6.61 Å². The minimum atomic E-state index is -0.234. The quantitative estimate of drug-likeness (QED) is 0.622. The molecule has 2 rings (SSSR count). The van der Waals surface area contributed by atoms with E-state index in [1.165, 1.54) is 6.07 Å². The molecule has 64 valence electrons. The lowest BCUT2D eigenvalue weighted by atomic mass is 9.89. The Morgan fingerprint density at radius 1 is 1.50 bits per heavy atom. The molecule has 0 radical (unpaired) electrons. The second-order valence-electron chi connectivity index (χ2n) is 3.34. The molecule has 0 saturated carbocycles. The summed E-state index contributed by atoms with van der Waals surface area (Å²) < 4.78 is 18.2. The van der Waals surface area contributed by atoms with Crippen LogP contribution < -0.4 is 0 Å². The minimum absolute atomic E-state index is 0.191. The minimum Gasteiger partial charge on any atom is -0.370 e. The molecule has 1 atom stereocenters. The predicted molar refractivity (Wildman–Crippen MR) is 44.3 cm³/mol. The maximum atomic E-state index is 12.8. The smallest absolute Gasteiger partial charge is 0.123 e. The monoisotopic (exact) mass is 166 g/mol. The number of hydrogen-bond acceptors (Lipinski definition) is 1. The molecule has 2 heteroatoms. The molecule has 1 aliphatic rings. The highest BCUT2D eigenvalue weighted by molar-refractivity contribution is 5.24. The molecule has 1 aliphatic heterocycles. The van der Waals surface area contributed by atoms with Gasteiger partial charge < -0.3 is 4.74 Å². The van der Waals surface area contributed by atoms with E-state index >= 15 is 0 Å². The lowest BCUT2D eigenvalue weighted by Gasteiger charge is -2.39. The number of hydrogen-bond donors (Lipinski definition) is 0. The van der Waals surface area contributed by atoms with Gasteiger partial charge in [0.25, 0.3) is 0 Å². The second-order valence-corrected chi connectivity index (χ2v) is 3.34. The Morgan fingerprint density at radius 2 is 2.25 bits per heavy atom. The van der Waals surface area contributed by atoms with Gasteiger partial charge in [0.15, 0.2) is 0 Å². The van der Waals surface area contributed by atoms with Crippen molar-refractivity contribution in [2.45, 2.75) is 18.9 Å². The number of rotatable bonds is 1. The molecule has 0 spiro atoms. The van der Waals surface area contributed by atoms with Crippen LogP contribution in [0.3, 0.4) is 0 Å². The summed E-state index contributed by atoms with van der Waals surface area (Å²) in [4.78, 5) is 0. The molecule has 0 aromatic heterocycles. The molecule has 1 heterocycles. The van der Waals surface area contributed by atoms with Crippen molar-refractivity contribution in [2.24, 2.45) is 0 Å². The molecule has 1 saturated heterocycles. The van der Waals surface area contributed by atoms with Crippen molar-refractivity contribution in [3.63, 3.8) is 0 Å². The van der Waals surface area contributed by atoms with E-state index in [1.807, 2.05) is 13.0 Å². The zero-order chi connectivity index (χ0) is 8.60. The van der Waals surface area contributed by atoms with Crippen LogP contribution in [-0.4, -0.2) is 6.61 Å². The number of ether oxygens (including phenoxy) is 1. The molecule has 1 aromatic carbocycles. The molecule has 0 aliphatic carbocycles. The molecule has 1 fully saturated rings. The zero-order valence-corrected chi connectivity index (χ0v) is 7.01.